The Kier molecular flexibility index (Phi) is 2.35. The standard InChI is InChI=1S/C10H12N4O4/c15-10(13-5-1-2-6-13)4-3-7(14(16)17)8-9(10)12-18-11-8/h3-4,11,15H,1-2,5-6H2. The lowest BCUT2D eigenvalue weighted by atomic mass is 9.96. The molecule has 0 aromatic heterocycles. The predicted molar refractivity (Wildman–Crippen MR) is 60.6 cm³/mol. The van der Waals surface area contributed by atoms with Crippen LogP contribution in [0.4, 0.5) is 0 Å². The Hall–Kier alpha value is -1.93. The zero-order valence-corrected chi connectivity index (χ0v) is 9.50. The first kappa shape index (κ1) is 11.2. The number of hydrogen-bond donors (Lipinski definition) is 2. The van der Waals surface area contributed by atoms with E-state index in [0.29, 0.717) is 0 Å². The van der Waals surface area contributed by atoms with E-state index >= 15 is 0 Å². The van der Waals surface area contributed by atoms with Gasteiger partial charge in [0.2, 0.25) is 0 Å². The summed E-state index contributed by atoms with van der Waals surface area (Å²) in [5.74, 6) is 0. The van der Waals surface area contributed by atoms with E-state index in [9.17, 15) is 15.2 Å². The summed E-state index contributed by atoms with van der Waals surface area (Å²) < 4.78 is 0. The Bertz CT molecular complexity index is 492. The average molecular weight is 252 g/mol. The molecule has 1 fully saturated rings. The van der Waals surface area contributed by atoms with Gasteiger partial charge >= 0.3 is 0 Å². The van der Waals surface area contributed by atoms with Crippen LogP contribution in [0.15, 0.2) is 28.7 Å². The Labute approximate surface area is 102 Å². The summed E-state index contributed by atoms with van der Waals surface area (Å²) in [6, 6.07) is 0. The van der Waals surface area contributed by atoms with Gasteiger partial charge in [-0.3, -0.25) is 20.0 Å². The molecule has 0 aromatic rings. The van der Waals surface area contributed by atoms with Crippen molar-refractivity contribution < 1.29 is 15.0 Å². The minimum Gasteiger partial charge on any atom is -0.366 e. The van der Waals surface area contributed by atoms with Gasteiger partial charge in [0, 0.05) is 19.2 Å². The van der Waals surface area contributed by atoms with Crippen molar-refractivity contribution in [3.8, 4) is 0 Å². The van der Waals surface area contributed by atoms with Crippen LogP contribution < -0.4 is 5.48 Å². The fourth-order valence-corrected chi connectivity index (χ4v) is 2.46. The molecule has 2 N–H and O–H groups in total. The molecule has 0 amide bonds. The summed E-state index contributed by atoms with van der Waals surface area (Å²) in [6.07, 6.45) is 4.65. The van der Waals surface area contributed by atoms with E-state index in [1.165, 1.54) is 12.2 Å². The number of hydrogen-bond acceptors (Lipinski definition) is 7. The van der Waals surface area contributed by atoms with Crippen LogP contribution in [0, 0.1) is 10.1 Å². The Morgan fingerprint density at radius 3 is 2.94 bits per heavy atom. The molecule has 1 atom stereocenters. The fourth-order valence-electron chi connectivity index (χ4n) is 2.46. The highest BCUT2D eigenvalue weighted by Crippen LogP contribution is 2.31. The van der Waals surface area contributed by atoms with Crippen molar-refractivity contribution in [3.05, 3.63) is 33.7 Å². The van der Waals surface area contributed by atoms with Crippen LogP contribution in [0.5, 0.6) is 0 Å². The van der Waals surface area contributed by atoms with E-state index in [-0.39, 0.29) is 17.1 Å². The largest absolute Gasteiger partial charge is 0.366 e. The van der Waals surface area contributed by atoms with Crippen LogP contribution in [0.2, 0.25) is 0 Å². The van der Waals surface area contributed by atoms with Gasteiger partial charge in [0.25, 0.3) is 5.70 Å². The highest BCUT2D eigenvalue weighted by molar-refractivity contribution is 6.08. The molecular weight excluding hydrogens is 240 g/mol. The average Bonchev–Trinajstić information content (AvgIpc) is 3.01. The highest BCUT2D eigenvalue weighted by atomic mass is 16.8. The van der Waals surface area contributed by atoms with Crippen molar-refractivity contribution in [2.75, 3.05) is 13.1 Å². The molecule has 1 aliphatic carbocycles. The number of rotatable bonds is 2. The minimum atomic E-state index is -1.42. The number of nitrogens with one attached hydrogen (secondary N) is 1. The third-order valence-corrected chi connectivity index (χ3v) is 3.38. The van der Waals surface area contributed by atoms with Crippen LogP contribution in [0.25, 0.3) is 0 Å². The first-order chi connectivity index (χ1) is 8.63. The van der Waals surface area contributed by atoms with Gasteiger partial charge in [-0.1, -0.05) is 5.16 Å². The molecule has 0 spiro atoms. The monoisotopic (exact) mass is 252 g/mol. The molecule has 0 radical (unpaired) electrons. The minimum absolute atomic E-state index is 0.122. The van der Waals surface area contributed by atoms with Gasteiger partial charge in [-0.2, -0.15) is 5.48 Å². The molecule has 1 saturated heterocycles. The van der Waals surface area contributed by atoms with Crippen LogP contribution in [0.1, 0.15) is 12.8 Å². The lowest BCUT2D eigenvalue weighted by Gasteiger charge is -2.34. The van der Waals surface area contributed by atoms with E-state index in [1.807, 2.05) is 4.90 Å². The quantitative estimate of drug-likeness (QED) is 0.518. The summed E-state index contributed by atoms with van der Waals surface area (Å²) in [7, 11) is 0. The Morgan fingerprint density at radius 1 is 1.56 bits per heavy atom. The summed E-state index contributed by atoms with van der Waals surface area (Å²) in [5.41, 5.74) is 1.06. The molecule has 1 unspecified atom stereocenters. The number of aliphatic hydroxyl groups is 1. The number of oxime groups is 1. The van der Waals surface area contributed by atoms with Crippen molar-refractivity contribution in [1.29, 1.82) is 0 Å². The number of fused-ring (bicyclic) bond motifs is 1. The predicted octanol–water partition coefficient (Wildman–Crippen LogP) is -0.280. The highest BCUT2D eigenvalue weighted by Gasteiger charge is 2.48. The first-order valence-corrected chi connectivity index (χ1v) is 5.69. The maximum absolute atomic E-state index is 10.9. The lowest BCUT2D eigenvalue weighted by molar-refractivity contribution is -0.420. The summed E-state index contributed by atoms with van der Waals surface area (Å²) in [5, 5.41) is 25.2. The van der Waals surface area contributed by atoms with E-state index in [1.54, 1.807) is 0 Å². The van der Waals surface area contributed by atoms with E-state index < -0.39 is 10.6 Å². The van der Waals surface area contributed by atoms with Gasteiger partial charge in [0.1, 0.15) is 0 Å². The SMILES string of the molecule is O=[N+]([O-])C1=C2NON=C2C(O)(N2CCCC2)C=C1. The number of hydroxylamine groups is 1. The maximum atomic E-state index is 10.9. The van der Waals surface area contributed by atoms with Crippen molar-refractivity contribution in [3.63, 3.8) is 0 Å². The lowest BCUT2D eigenvalue weighted by Crippen LogP contribution is -2.54. The number of likely N-dealkylation sites (tertiary alicyclic amines) is 1. The molecular formula is C10H12N4O4. The smallest absolute Gasteiger partial charge is 0.297 e. The zero-order chi connectivity index (χ0) is 12.8. The van der Waals surface area contributed by atoms with Crippen LogP contribution in [-0.2, 0) is 4.94 Å². The van der Waals surface area contributed by atoms with Crippen molar-refractivity contribution >= 4 is 5.71 Å². The summed E-state index contributed by atoms with van der Waals surface area (Å²) >= 11 is 0. The molecule has 8 heteroatoms. The van der Waals surface area contributed by atoms with Gasteiger partial charge in [0.05, 0.1) is 4.92 Å². The number of nitro groups is 1. The molecule has 0 aromatic carbocycles. The van der Waals surface area contributed by atoms with E-state index in [2.05, 4.69) is 15.6 Å². The third kappa shape index (κ3) is 1.42. The second-order valence-corrected chi connectivity index (χ2v) is 4.40. The normalized spacial score (nSPS) is 30.8. The molecule has 2 aliphatic heterocycles. The Balaban J connectivity index is 2.02. The molecule has 96 valence electrons. The summed E-state index contributed by atoms with van der Waals surface area (Å²) in [4.78, 5) is 16.8. The van der Waals surface area contributed by atoms with Crippen molar-refractivity contribution in [1.82, 2.24) is 10.4 Å². The summed E-state index contributed by atoms with van der Waals surface area (Å²) in [6.45, 7) is 1.45. The van der Waals surface area contributed by atoms with Crippen LogP contribution in [-0.4, -0.2) is 39.5 Å². The van der Waals surface area contributed by atoms with E-state index in [4.69, 9.17) is 0 Å². The molecule has 18 heavy (non-hydrogen) atoms. The zero-order valence-electron chi connectivity index (χ0n) is 9.50. The van der Waals surface area contributed by atoms with Gasteiger partial charge in [-0.25, -0.2) is 0 Å². The van der Waals surface area contributed by atoms with Gasteiger partial charge in [-0.05, 0) is 18.9 Å². The molecule has 3 rings (SSSR count). The molecule has 0 bridgehead atoms. The fraction of sp³-hybridized carbons (Fsp3) is 0.500. The molecule has 2 heterocycles. The number of nitrogens with zero attached hydrogens (tertiary/aromatic N) is 3. The van der Waals surface area contributed by atoms with Crippen molar-refractivity contribution in [2.45, 2.75) is 18.6 Å². The van der Waals surface area contributed by atoms with Gasteiger partial charge < -0.3 is 5.11 Å². The second-order valence-electron chi connectivity index (χ2n) is 4.40. The van der Waals surface area contributed by atoms with Crippen molar-refractivity contribution in [2.24, 2.45) is 5.16 Å². The van der Waals surface area contributed by atoms with Gasteiger partial charge in [0.15, 0.2) is 17.1 Å². The topological polar surface area (TPSA) is 100 Å². The maximum Gasteiger partial charge on any atom is 0.297 e. The van der Waals surface area contributed by atoms with E-state index in [0.717, 1.165) is 25.9 Å². The molecule has 3 aliphatic rings. The molecule has 8 nitrogen and oxygen atoms in total. The second kappa shape index (κ2) is 3.79. The number of allylic oxidation sites excluding steroid dienone is 1. The Morgan fingerprint density at radius 2 is 2.28 bits per heavy atom. The van der Waals surface area contributed by atoms with Crippen LogP contribution in [0.3, 0.4) is 0 Å². The van der Waals surface area contributed by atoms with Gasteiger partial charge in [-0.15, -0.1) is 0 Å². The van der Waals surface area contributed by atoms with Crippen LogP contribution >= 0.6 is 0 Å². The third-order valence-electron chi connectivity index (χ3n) is 3.38. The first-order valence-electron chi connectivity index (χ1n) is 5.69. The molecule has 0 saturated carbocycles.